The Kier molecular flexibility index (Phi) is 6.16. The number of fused-ring (bicyclic) bond motifs is 5. The number of ketones is 2. The summed E-state index contributed by atoms with van der Waals surface area (Å²) >= 11 is 0. The number of ether oxygens (including phenoxy) is 1. The summed E-state index contributed by atoms with van der Waals surface area (Å²) in [5.74, 6) is -2.59. The Hall–Kier alpha value is -1.61. The second-order valence-corrected chi connectivity index (χ2v) is 13.5. The van der Waals surface area contributed by atoms with Crippen molar-refractivity contribution in [3.63, 3.8) is 0 Å². The highest BCUT2D eigenvalue weighted by Crippen LogP contribution is 2.68. The number of aliphatic hydroxyl groups excluding tert-OH is 2. The van der Waals surface area contributed by atoms with Gasteiger partial charge < -0.3 is 25.2 Å². The molecule has 0 aromatic rings. The van der Waals surface area contributed by atoms with Crippen LogP contribution in [0.3, 0.4) is 0 Å². The fourth-order valence-corrected chi connectivity index (χ4v) is 9.19. The molecule has 1 aliphatic heterocycles. The van der Waals surface area contributed by atoms with Crippen LogP contribution in [0.15, 0.2) is 11.6 Å². The van der Waals surface area contributed by atoms with E-state index >= 15 is 0 Å². The van der Waals surface area contributed by atoms with Gasteiger partial charge in [-0.25, -0.2) is 0 Å². The third kappa shape index (κ3) is 3.58. The summed E-state index contributed by atoms with van der Waals surface area (Å²) < 4.78 is 5.30. The van der Waals surface area contributed by atoms with Crippen molar-refractivity contribution in [1.29, 1.82) is 0 Å². The van der Waals surface area contributed by atoms with Gasteiger partial charge in [0.05, 0.1) is 23.7 Å². The van der Waals surface area contributed by atoms with Gasteiger partial charge in [-0.15, -0.1) is 0 Å². The highest BCUT2D eigenvalue weighted by Gasteiger charge is 2.69. The Bertz CT molecular complexity index is 1050. The Morgan fingerprint density at radius 2 is 1.78 bits per heavy atom. The zero-order valence-corrected chi connectivity index (χ0v) is 22.6. The van der Waals surface area contributed by atoms with E-state index in [1.807, 2.05) is 13.8 Å². The Labute approximate surface area is 218 Å². The summed E-state index contributed by atoms with van der Waals surface area (Å²) in [5, 5.41) is 44.8. The number of carbonyl (C=O) groups excluding carboxylic acids is 3. The molecule has 0 bridgehead atoms. The molecule has 0 spiro atoms. The zero-order chi connectivity index (χ0) is 27.3. The van der Waals surface area contributed by atoms with E-state index in [-0.39, 0.29) is 48.6 Å². The van der Waals surface area contributed by atoms with Gasteiger partial charge in [0.25, 0.3) is 0 Å². The van der Waals surface area contributed by atoms with Gasteiger partial charge >= 0.3 is 5.97 Å². The molecule has 0 aromatic carbocycles. The van der Waals surface area contributed by atoms with E-state index in [2.05, 4.69) is 0 Å². The van der Waals surface area contributed by atoms with Gasteiger partial charge in [0.2, 0.25) is 0 Å². The molecule has 0 radical (unpaired) electrons. The number of hydrogen-bond donors (Lipinski definition) is 4. The molecule has 3 saturated carbocycles. The minimum absolute atomic E-state index is 0.0237. The van der Waals surface area contributed by atoms with E-state index in [9.17, 15) is 34.8 Å². The third-order valence-electron chi connectivity index (χ3n) is 11.7. The van der Waals surface area contributed by atoms with Crippen molar-refractivity contribution in [3.05, 3.63) is 11.6 Å². The number of esters is 1. The third-order valence-corrected chi connectivity index (χ3v) is 11.7. The molecule has 0 aromatic heterocycles. The molecule has 37 heavy (non-hydrogen) atoms. The van der Waals surface area contributed by atoms with E-state index in [4.69, 9.17) is 4.74 Å². The van der Waals surface area contributed by atoms with Crippen LogP contribution in [0.1, 0.15) is 79.6 Å². The molecule has 1 heterocycles. The molecule has 0 amide bonds. The quantitative estimate of drug-likeness (QED) is 0.415. The van der Waals surface area contributed by atoms with Crippen LogP contribution in [0.25, 0.3) is 0 Å². The molecule has 4 fully saturated rings. The molecule has 5 rings (SSSR count). The van der Waals surface area contributed by atoms with Crippen LogP contribution in [-0.2, 0) is 19.1 Å². The first kappa shape index (κ1) is 27.0. The van der Waals surface area contributed by atoms with Crippen molar-refractivity contribution >= 4 is 17.5 Å². The average Bonchev–Trinajstić information content (AvgIpc) is 3.23. The Morgan fingerprint density at radius 3 is 2.41 bits per heavy atom. The number of aliphatic hydroxyl groups is 4. The average molecular weight is 519 g/mol. The molecule has 4 N–H and O–H groups in total. The highest BCUT2D eigenvalue weighted by atomic mass is 16.6. The number of cyclic esters (lactones) is 1. The maximum absolute atomic E-state index is 13.5. The van der Waals surface area contributed by atoms with Gasteiger partial charge in [0.1, 0.15) is 11.7 Å². The molecule has 12 unspecified atom stereocenters. The first-order valence-electron chi connectivity index (χ1n) is 13.9. The van der Waals surface area contributed by atoms with Crippen LogP contribution in [-0.4, -0.2) is 67.5 Å². The van der Waals surface area contributed by atoms with Gasteiger partial charge in [-0.3, -0.25) is 14.4 Å². The zero-order valence-electron chi connectivity index (χ0n) is 22.6. The van der Waals surface area contributed by atoms with E-state index < -0.39 is 58.1 Å². The normalized spacial score (nSPS) is 50.9. The topological polar surface area (TPSA) is 141 Å². The molecule has 8 nitrogen and oxygen atoms in total. The van der Waals surface area contributed by atoms with Gasteiger partial charge in [-0.05, 0) is 75.4 Å². The molecule has 206 valence electrons. The summed E-state index contributed by atoms with van der Waals surface area (Å²) in [7, 11) is 0. The largest absolute Gasteiger partial charge is 0.462 e. The lowest BCUT2D eigenvalue weighted by Crippen LogP contribution is -2.62. The molecule has 1 saturated heterocycles. The second-order valence-electron chi connectivity index (χ2n) is 13.5. The summed E-state index contributed by atoms with van der Waals surface area (Å²) in [6, 6.07) is 0. The maximum Gasteiger partial charge on any atom is 0.309 e. The van der Waals surface area contributed by atoms with Gasteiger partial charge in [0.15, 0.2) is 11.6 Å². The molecule has 12 atom stereocenters. The first-order valence-corrected chi connectivity index (χ1v) is 13.9. The van der Waals surface area contributed by atoms with Crippen LogP contribution in [0.4, 0.5) is 0 Å². The van der Waals surface area contributed by atoms with E-state index in [0.29, 0.717) is 31.3 Å². The molecule has 5 aliphatic rings. The summed E-state index contributed by atoms with van der Waals surface area (Å²) in [4.78, 5) is 38.9. The smallest absolute Gasteiger partial charge is 0.309 e. The first-order chi connectivity index (χ1) is 17.1. The van der Waals surface area contributed by atoms with Crippen LogP contribution in [0.5, 0.6) is 0 Å². The summed E-state index contributed by atoms with van der Waals surface area (Å²) in [6.07, 6.45) is 1.83. The minimum atomic E-state index is -1.71. The number of rotatable bonds is 4. The Morgan fingerprint density at radius 1 is 1.11 bits per heavy atom. The number of allylic oxidation sites excluding steroid dienone is 1. The molecular weight excluding hydrogens is 476 g/mol. The molecule has 8 heteroatoms. The lowest BCUT2D eigenvalue weighted by atomic mass is 9.45. The van der Waals surface area contributed by atoms with Crippen LogP contribution in [0, 0.1) is 40.4 Å². The van der Waals surface area contributed by atoms with Gasteiger partial charge in [-0.2, -0.15) is 0 Å². The molecular formula is C29H42O8. The highest BCUT2D eigenvalue weighted by molar-refractivity contribution is 5.95. The number of hydrogen-bond acceptors (Lipinski definition) is 8. The van der Waals surface area contributed by atoms with Crippen LogP contribution in [0.2, 0.25) is 0 Å². The van der Waals surface area contributed by atoms with E-state index in [1.54, 1.807) is 19.9 Å². The minimum Gasteiger partial charge on any atom is -0.462 e. The predicted octanol–water partition coefficient (Wildman–Crippen LogP) is 2.10. The van der Waals surface area contributed by atoms with Crippen molar-refractivity contribution in [3.8, 4) is 0 Å². The standard InChI is InChI=1S/C29H42O8/c1-14-16(15(2)37-25(14)34)10-24(33)28(5,35)23-7-9-29(36)18-11-20(30)19-12-21(31)22(32)13-26(19,3)17(18)6-8-27(23,29)4/h11,14-17,19,21-23,31-32,35-36H,6-10,12-13H2,1-5H3. The van der Waals surface area contributed by atoms with Crippen LogP contribution >= 0.6 is 0 Å². The predicted molar refractivity (Wildman–Crippen MR) is 133 cm³/mol. The summed E-state index contributed by atoms with van der Waals surface area (Å²) in [6.45, 7) is 8.97. The summed E-state index contributed by atoms with van der Waals surface area (Å²) in [5.41, 5.74) is -3.81. The number of carbonyl (C=O) groups is 3. The maximum atomic E-state index is 13.5. The van der Waals surface area contributed by atoms with Gasteiger partial charge in [-0.1, -0.05) is 20.8 Å². The van der Waals surface area contributed by atoms with Crippen molar-refractivity contribution in [2.45, 2.75) is 109 Å². The van der Waals surface area contributed by atoms with Gasteiger partial charge in [0, 0.05) is 29.6 Å². The van der Waals surface area contributed by atoms with E-state index in [1.165, 1.54) is 6.92 Å². The Balaban J connectivity index is 1.45. The van der Waals surface area contributed by atoms with Crippen molar-refractivity contribution in [2.75, 3.05) is 0 Å². The second kappa shape index (κ2) is 8.44. The van der Waals surface area contributed by atoms with Crippen molar-refractivity contribution < 1.29 is 39.5 Å². The SMILES string of the molecule is CC1OC(=O)C(C)C1CC(=O)C(C)(O)C1CCC2(O)C3=CC(=O)C4CC(O)C(O)CC4(C)C3CCC12C. The van der Waals surface area contributed by atoms with E-state index in [0.717, 1.165) is 0 Å². The van der Waals surface area contributed by atoms with Crippen LogP contribution < -0.4 is 0 Å². The fourth-order valence-electron chi connectivity index (χ4n) is 9.19. The van der Waals surface area contributed by atoms with Crippen molar-refractivity contribution in [1.82, 2.24) is 0 Å². The fraction of sp³-hybridized carbons (Fsp3) is 0.828. The lowest BCUT2D eigenvalue weighted by molar-refractivity contribution is -0.167. The number of Topliss-reactive ketones (excluding diaryl/α,β-unsaturated/α-hetero) is 1. The molecule has 4 aliphatic carbocycles. The lowest BCUT2D eigenvalue weighted by Gasteiger charge is -2.60. The van der Waals surface area contributed by atoms with Crippen molar-refractivity contribution in [2.24, 2.45) is 40.4 Å². The monoisotopic (exact) mass is 518 g/mol.